The number of anilines is 2. The minimum atomic E-state index is -0.787. The Labute approximate surface area is 337 Å². The topological polar surface area (TPSA) is 103 Å². The van der Waals surface area contributed by atoms with Gasteiger partial charge in [-0.05, 0) is 93.9 Å². The number of hydrogen-bond donors (Lipinski definition) is 1. The van der Waals surface area contributed by atoms with Crippen molar-refractivity contribution in [2.45, 2.75) is 57.5 Å². The Hall–Kier alpha value is -4.61. The Kier molecular flexibility index (Phi) is 11.3. The van der Waals surface area contributed by atoms with Gasteiger partial charge in [0, 0.05) is 54.5 Å². The zero-order chi connectivity index (χ0) is 38.9. The highest BCUT2D eigenvalue weighted by atomic mass is 35.5. The molecule has 0 radical (unpaired) electrons. The molecular weight excluding hydrogens is 751 g/mol. The lowest BCUT2D eigenvalue weighted by atomic mass is 9.95. The number of amides is 2. The third-order valence-corrected chi connectivity index (χ3v) is 12.5. The predicted octanol–water partition coefficient (Wildman–Crippen LogP) is 8.26. The summed E-state index contributed by atoms with van der Waals surface area (Å²) in [6.07, 6.45) is 5.55. The molecule has 2 atom stereocenters. The Morgan fingerprint density at radius 2 is 1.16 bits per heavy atom. The fourth-order valence-electron chi connectivity index (χ4n) is 8.72. The first-order valence-corrected chi connectivity index (χ1v) is 20.4. The van der Waals surface area contributed by atoms with Crippen LogP contribution in [0.3, 0.4) is 0 Å². The van der Waals surface area contributed by atoms with Crippen LogP contribution in [0, 0.1) is 0 Å². The molecule has 0 saturated carbocycles. The summed E-state index contributed by atoms with van der Waals surface area (Å²) < 4.78 is 11.9. The van der Waals surface area contributed by atoms with Gasteiger partial charge in [-0.2, -0.15) is 0 Å². The number of hydrogen-bond acceptors (Lipinski definition) is 7. The number of rotatable bonds is 12. The summed E-state index contributed by atoms with van der Waals surface area (Å²) in [7, 11) is 0. The second-order valence-corrected chi connectivity index (χ2v) is 15.9. The molecule has 0 bridgehead atoms. The van der Waals surface area contributed by atoms with E-state index in [4.69, 9.17) is 32.7 Å². The summed E-state index contributed by atoms with van der Waals surface area (Å²) in [6, 6.07) is 23.5. The van der Waals surface area contributed by atoms with Crippen LogP contribution in [-0.2, 0) is 14.4 Å². The number of aliphatic carboxylic acids is 1. The van der Waals surface area contributed by atoms with E-state index in [1.807, 2.05) is 82.6 Å². The monoisotopic (exact) mass is 796 g/mol. The molecule has 4 aromatic carbocycles. The fourth-order valence-corrected chi connectivity index (χ4v) is 9.40. The molecule has 4 aliphatic heterocycles. The van der Waals surface area contributed by atoms with Gasteiger partial charge in [0.15, 0.2) is 13.2 Å². The summed E-state index contributed by atoms with van der Waals surface area (Å²) in [5.41, 5.74) is 6.32. The van der Waals surface area contributed by atoms with Gasteiger partial charge >= 0.3 is 5.97 Å². The highest BCUT2D eigenvalue weighted by molar-refractivity contribution is 6.39. The average molecular weight is 798 g/mol. The summed E-state index contributed by atoms with van der Waals surface area (Å²) in [4.78, 5) is 45.6. The molecule has 2 unspecified atom stereocenters. The molecule has 56 heavy (non-hydrogen) atoms. The number of likely N-dealkylation sites (tertiary alicyclic amines) is 2. The Morgan fingerprint density at radius 1 is 0.679 bits per heavy atom. The molecule has 0 aliphatic carbocycles. The van der Waals surface area contributed by atoms with Crippen LogP contribution >= 0.6 is 23.2 Å². The third kappa shape index (κ3) is 7.60. The van der Waals surface area contributed by atoms with Crippen molar-refractivity contribution in [3.8, 4) is 44.9 Å². The Balaban J connectivity index is 1.00. The molecule has 292 valence electrons. The van der Waals surface area contributed by atoms with Crippen molar-refractivity contribution < 1.29 is 29.0 Å². The van der Waals surface area contributed by atoms with E-state index in [1.165, 1.54) is 12.8 Å². The molecule has 1 N–H and O–H groups in total. The molecule has 8 rings (SSSR count). The van der Waals surface area contributed by atoms with Gasteiger partial charge in [0.25, 0.3) is 11.8 Å². The third-order valence-electron chi connectivity index (χ3n) is 11.7. The molecule has 0 aromatic heterocycles. The van der Waals surface area contributed by atoms with Crippen LogP contribution in [0.1, 0.15) is 45.4 Å². The largest absolute Gasteiger partial charge is 0.482 e. The first kappa shape index (κ1) is 38.3. The molecule has 2 fully saturated rings. The number of carbonyl (C=O) groups is 3. The second-order valence-electron chi connectivity index (χ2n) is 15.1. The van der Waals surface area contributed by atoms with Crippen LogP contribution < -0.4 is 19.3 Å². The molecule has 4 aliphatic rings. The molecule has 2 saturated heterocycles. The molecule has 0 spiro atoms. The number of halogens is 2. The first-order valence-electron chi connectivity index (χ1n) is 19.6. The minimum absolute atomic E-state index is 0.00251. The number of ether oxygens (including phenoxy) is 2. The van der Waals surface area contributed by atoms with Gasteiger partial charge in [-0.1, -0.05) is 71.7 Å². The maximum absolute atomic E-state index is 13.0. The van der Waals surface area contributed by atoms with Gasteiger partial charge in [-0.25, -0.2) is 0 Å². The van der Waals surface area contributed by atoms with E-state index in [0.717, 1.165) is 71.5 Å². The van der Waals surface area contributed by atoms with Crippen molar-refractivity contribution in [2.75, 3.05) is 62.3 Å². The lowest BCUT2D eigenvalue weighted by Gasteiger charge is -2.31. The predicted molar refractivity (Wildman–Crippen MR) is 220 cm³/mol. The zero-order valence-electron chi connectivity index (χ0n) is 31.5. The van der Waals surface area contributed by atoms with E-state index >= 15 is 0 Å². The molecule has 4 aromatic rings. The Bertz CT molecular complexity index is 2160. The molecule has 4 heterocycles. The Morgan fingerprint density at radius 3 is 1.66 bits per heavy atom. The van der Waals surface area contributed by atoms with Crippen LogP contribution in [0.25, 0.3) is 33.4 Å². The lowest BCUT2D eigenvalue weighted by Crippen LogP contribution is -2.42. The smallest absolute Gasteiger partial charge is 0.320 e. The van der Waals surface area contributed by atoms with Gasteiger partial charge in [0.05, 0.1) is 21.4 Å². The highest BCUT2D eigenvalue weighted by Gasteiger charge is 2.32. The highest BCUT2D eigenvalue weighted by Crippen LogP contribution is 2.45. The zero-order valence-corrected chi connectivity index (χ0v) is 33.0. The molecule has 12 heteroatoms. The number of benzene rings is 4. The number of fused-ring (bicyclic) bond motifs is 2. The van der Waals surface area contributed by atoms with Crippen molar-refractivity contribution in [2.24, 2.45) is 0 Å². The van der Waals surface area contributed by atoms with Gasteiger partial charge in [-0.15, -0.1) is 0 Å². The fraction of sp³-hybridized carbons (Fsp3) is 0.386. The normalized spacial score (nSPS) is 19.8. The lowest BCUT2D eigenvalue weighted by molar-refractivity contribution is -0.142. The SMILES string of the molecule is CC1CCCN1CCCN1C(=O)COc2cc(-c3cccc(-c4cccc(-c5ccc6c(c5)OCC(=O)N6CCCN5CCCC5C(=O)O)c4Cl)c3Cl)ccc21. The van der Waals surface area contributed by atoms with Gasteiger partial charge in [0.2, 0.25) is 0 Å². The van der Waals surface area contributed by atoms with Crippen molar-refractivity contribution in [1.29, 1.82) is 0 Å². The maximum atomic E-state index is 13.0. The number of carboxylic acids is 1. The van der Waals surface area contributed by atoms with Crippen LogP contribution in [0.2, 0.25) is 10.0 Å². The van der Waals surface area contributed by atoms with Gasteiger partial charge in [0.1, 0.15) is 17.5 Å². The minimum Gasteiger partial charge on any atom is -0.482 e. The van der Waals surface area contributed by atoms with Gasteiger partial charge in [-0.3, -0.25) is 19.3 Å². The van der Waals surface area contributed by atoms with E-state index in [-0.39, 0.29) is 25.0 Å². The van der Waals surface area contributed by atoms with Crippen molar-refractivity contribution >= 4 is 52.4 Å². The van der Waals surface area contributed by atoms with E-state index < -0.39 is 12.0 Å². The standard InChI is InChI=1S/C44H46Cl2N4O6/c1-28-8-4-18-47(28)20-6-22-49-35-16-14-29(24-38(35)55-26-40(49)51)31-9-2-11-33(42(31)45)34-12-3-10-32(43(34)46)30-15-17-36-39(25-30)56-27-41(52)50(36)23-7-21-48-19-5-13-37(48)44(53)54/h2-3,9-12,14-17,24-25,28,37H,4-8,13,18-23,26-27H2,1H3,(H,53,54). The van der Waals surface area contributed by atoms with Crippen LogP contribution in [-0.4, -0.2) is 97.3 Å². The average Bonchev–Trinajstić information content (AvgIpc) is 3.85. The van der Waals surface area contributed by atoms with Crippen LogP contribution in [0.15, 0.2) is 72.8 Å². The number of carboxylic acid groups (broad SMARTS) is 1. The van der Waals surface area contributed by atoms with Crippen molar-refractivity contribution in [3.05, 3.63) is 82.8 Å². The summed E-state index contributed by atoms with van der Waals surface area (Å²) in [5.74, 6) is 0.297. The number of carbonyl (C=O) groups excluding carboxylic acids is 2. The quantitative estimate of drug-likeness (QED) is 0.153. The second kappa shape index (κ2) is 16.5. The summed E-state index contributed by atoms with van der Waals surface area (Å²) in [6.45, 7) is 6.78. The van der Waals surface area contributed by atoms with E-state index in [9.17, 15) is 19.5 Å². The van der Waals surface area contributed by atoms with E-state index in [1.54, 1.807) is 4.90 Å². The molecule has 2 amide bonds. The van der Waals surface area contributed by atoms with Crippen molar-refractivity contribution in [3.63, 3.8) is 0 Å². The van der Waals surface area contributed by atoms with Gasteiger partial charge < -0.3 is 29.3 Å². The van der Waals surface area contributed by atoms with Crippen LogP contribution in [0.4, 0.5) is 11.4 Å². The summed E-state index contributed by atoms with van der Waals surface area (Å²) in [5, 5.41) is 10.6. The van der Waals surface area contributed by atoms with E-state index in [0.29, 0.717) is 65.7 Å². The first-order chi connectivity index (χ1) is 27.2. The maximum Gasteiger partial charge on any atom is 0.320 e. The summed E-state index contributed by atoms with van der Waals surface area (Å²) >= 11 is 14.4. The van der Waals surface area contributed by atoms with E-state index in [2.05, 4.69) is 11.8 Å². The van der Waals surface area contributed by atoms with Crippen molar-refractivity contribution in [1.82, 2.24) is 9.80 Å². The molecule has 10 nitrogen and oxygen atoms in total. The molecular formula is C44H46Cl2N4O6. The number of nitrogens with zero attached hydrogens (tertiary/aromatic N) is 4. The van der Waals surface area contributed by atoms with Crippen LogP contribution in [0.5, 0.6) is 11.5 Å².